The molecule has 1 aliphatic carbocycles. The second-order valence-corrected chi connectivity index (χ2v) is 17.1. The Bertz CT molecular complexity index is 3210. The predicted molar refractivity (Wildman–Crippen MR) is 251 cm³/mol. The number of hydrogen-bond donors (Lipinski definition) is 0. The third-order valence-electron chi connectivity index (χ3n) is 13.8. The van der Waals surface area contributed by atoms with Gasteiger partial charge in [0.05, 0.1) is 22.7 Å². The Hall–Kier alpha value is -8.88. The number of anilines is 6. The lowest BCUT2D eigenvalue weighted by molar-refractivity contribution is 0.352. The van der Waals surface area contributed by atoms with Crippen molar-refractivity contribution in [3.8, 4) is 46.0 Å². The van der Waals surface area contributed by atoms with Gasteiger partial charge in [0.1, 0.15) is 45.3 Å². The van der Waals surface area contributed by atoms with Crippen LogP contribution in [0.3, 0.4) is 0 Å². The van der Waals surface area contributed by atoms with Gasteiger partial charge in [-0.25, -0.2) is 0 Å². The molecule has 0 atom stereocenters. The zero-order valence-electron chi connectivity index (χ0n) is 35.0. The van der Waals surface area contributed by atoms with Crippen molar-refractivity contribution in [3.05, 3.63) is 251 Å². The van der Waals surface area contributed by atoms with Crippen LogP contribution in [0.1, 0.15) is 44.9 Å². The highest BCUT2D eigenvalue weighted by molar-refractivity contribution is 5.89. The summed E-state index contributed by atoms with van der Waals surface area (Å²) in [6.07, 6.45) is 0. The Morgan fingerprint density at radius 1 is 0.258 bits per heavy atom. The molecule has 10 aromatic rings. The minimum atomic E-state index is -1.11. The maximum Gasteiger partial charge on any atom is 0.205 e. The lowest BCUT2D eigenvalue weighted by atomic mass is 9.54. The summed E-state index contributed by atoms with van der Waals surface area (Å²) >= 11 is 0. The second-order valence-electron chi connectivity index (χ2n) is 17.1. The van der Waals surface area contributed by atoms with Crippen molar-refractivity contribution < 1.29 is 27.8 Å². The van der Waals surface area contributed by atoms with Crippen molar-refractivity contribution in [1.82, 2.24) is 0 Å². The summed E-state index contributed by atoms with van der Waals surface area (Å²) in [6, 6.07) is 70.1. The average molecular weight is 855 g/mol. The van der Waals surface area contributed by atoms with E-state index in [1.165, 1.54) is 0 Å². The number of ether oxygens (including phenoxy) is 4. The van der Waals surface area contributed by atoms with Gasteiger partial charge in [-0.05, 0) is 72.8 Å². The van der Waals surface area contributed by atoms with E-state index in [4.69, 9.17) is 27.8 Å². The van der Waals surface area contributed by atoms with Crippen LogP contribution in [0.15, 0.2) is 215 Å². The Kier molecular flexibility index (Phi) is 6.93. The first kappa shape index (κ1) is 35.6. The third-order valence-corrected chi connectivity index (χ3v) is 13.8. The number of para-hydroxylation sites is 12. The Morgan fingerprint density at radius 3 is 0.803 bits per heavy atom. The largest absolute Gasteiger partial charge is 0.457 e. The van der Waals surface area contributed by atoms with Crippen LogP contribution in [0.2, 0.25) is 0 Å². The Balaban J connectivity index is 1.13. The molecule has 15 rings (SSSR count). The van der Waals surface area contributed by atoms with Crippen LogP contribution in [-0.2, 0) is 10.8 Å². The highest BCUT2D eigenvalue weighted by Crippen LogP contribution is 2.70. The van der Waals surface area contributed by atoms with Gasteiger partial charge >= 0.3 is 0 Å². The monoisotopic (exact) mass is 854 g/mol. The molecule has 312 valence electrons. The van der Waals surface area contributed by atoms with Crippen LogP contribution in [0.5, 0.6) is 46.0 Å². The van der Waals surface area contributed by atoms with Gasteiger partial charge < -0.3 is 27.8 Å². The first-order chi connectivity index (χ1) is 32.7. The molecule has 6 heterocycles. The first-order valence-electron chi connectivity index (χ1n) is 22.1. The number of furan rings is 2. The van der Waals surface area contributed by atoms with E-state index in [9.17, 15) is 0 Å². The fourth-order valence-electron chi connectivity index (χ4n) is 11.3. The molecular formula is C58H34N2O6. The lowest BCUT2D eigenvalue weighted by Crippen LogP contribution is -2.46. The molecule has 0 bridgehead atoms. The Morgan fingerprint density at radius 2 is 0.500 bits per heavy atom. The molecule has 5 aliphatic rings. The number of hydrogen-bond acceptors (Lipinski definition) is 8. The van der Waals surface area contributed by atoms with Crippen LogP contribution in [0.4, 0.5) is 34.5 Å². The average Bonchev–Trinajstić information content (AvgIpc) is 4.03. The molecule has 8 heteroatoms. The molecule has 8 aromatic carbocycles. The minimum absolute atomic E-state index is 0.617. The summed E-state index contributed by atoms with van der Waals surface area (Å²) in [5, 5.41) is 0. The quantitative estimate of drug-likeness (QED) is 0.170. The minimum Gasteiger partial charge on any atom is -0.457 e. The summed E-state index contributed by atoms with van der Waals surface area (Å²) in [5.74, 6) is 8.49. The molecule has 0 fully saturated rings. The molecule has 0 saturated heterocycles. The van der Waals surface area contributed by atoms with E-state index < -0.39 is 10.8 Å². The van der Waals surface area contributed by atoms with E-state index in [1.54, 1.807) is 0 Å². The molecule has 0 amide bonds. The SMILES string of the molecule is c1ccc2c(c1)Oc1ccccc1N2c1cc2c(o1)C1(c3ccccc3Oc3ccccc31)c1cc(N3c4ccccc4Oc4ccccc43)oc1C21c2ccccc2Oc2ccccc21. The van der Waals surface area contributed by atoms with Crippen molar-refractivity contribution in [2.45, 2.75) is 10.8 Å². The smallest absolute Gasteiger partial charge is 0.205 e. The molecule has 0 saturated carbocycles. The summed E-state index contributed by atoms with van der Waals surface area (Å²) in [6.45, 7) is 0. The topological polar surface area (TPSA) is 69.7 Å². The molecule has 66 heavy (non-hydrogen) atoms. The van der Waals surface area contributed by atoms with Crippen molar-refractivity contribution in [2.75, 3.05) is 9.80 Å². The van der Waals surface area contributed by atoms with Gasteiger partial charge in [0, 0.05) is 45.5 Å². The maximum absolute atomic E-state index is 7.85. The van der Waals surface area contributed by atoms with Crippen LogP contribution >= 0.6 is 0 Å². The second kappa shape index (κ2) is 12.9. The zero-order valence-corrected chi connectivity index (χ0v) is 35.0. The van der Waals surface area contributed by atoms with Gasteiger partial charge in [-0.2, -0.15) is 0 Å². The van der Waals surface area contributed by atoms with Crippen LogP contribution in [-0.4, -0.2) is 0 Å². The van der Waals surface area contributed by atoms with Crippen molar-refractivity contribution in [2.24, 2.45) is 0 Å². The summed E-state index contributed by atoms with van der Waals surface area (Å²) in [4.78, 5) is 4.36. The van der Waals surface area contributed by atoms with Gasteiger partial charge in [0.2, 0.25) is 11.8 Å². The highest BCUT2D eigenvalue weighted by atomic mass is 16.5. The number of nitrogens with zero attached hydrogens (tertiary/aromatic N) is 2. The lowest BCUT2D eigenvalue weighted by Gasteiger charge is -2.48. The first-order valence-corrected chi connectivity index (χ1v) is 22.1. The van der Waals surface area contributed by atoms with Crippen molar-refractivity contribution in [3.63, 3.8) is 0 Å². The predicted octanol–water partition coefficient (Wildman–Crippen LogP) is 15.3. The number of fused-ring (bicyclic) bond motifs is 18. The van der Waals surface area contributed by atoms with E-state index in [2.05, 4.69) is 94.7 Å². The van der Waals surface area contributed by atoms with E-state index in [0.29, 0.717) is 11.8 Å². The van der Waals surface area contributed by atoms with Crippen molar-refractivity contribution in [1.29, 1.82) is 0 Å². The molecule has 0 radical (unpaired) electrons. The summed E-state index contributed by atoms with van der Waals surface area (Å²) < 4.78 is 42.5. The van der Waals surface area contributed by atoms with E-state index in [-0.39, 0.29) is 0 Å². The summed E-state index contributed by atoms with van der Waals surface area (Å²) in [5.41, 5.74) is 6.71. The number of benzene rings is 8. The fraction of sp³-hybridized carbons (Fsp3) is 0.0345. The molecule has 8 nitrogen and oxygen atoms in total. The highest BCUT2D eigenvalue weighted by Gasteiger charge is 2.64. The van der Waals surface area contributed by atoms with Crippen LogP contribution in [0, 0.1) is 0 Å². The van der Waals surface area contributed by atoms with E-state index in [0.717, 1.165) is 114 Å². The third kappa shape index (κ3) is 4.42. The number of rotatable bonds is 2. The Labute approximate surface area is 378 Å². The van der Waals surface area contributed by atoms with Crippen LogP contribution < -0.4 is 28.7 Å². The van der Waals surface area contributed by atoms with E-state index >= 15 is 0 Å². The standard InChI is InChI=1S/C58H34N2O6/c1-9-25-45-35(17-1)57(36-18-2-10-26-46(36)61-45)39-33-53(59-41-21-5-13-29-49(41)63-50-30-14-6-22-42(50)59)66-56(39)58(37-19-3-11-27-47(37)62-48-28-12-4-20-38(48)58)40-34-54(65-55(40)57)60-43-23-7-15-31-51(43)64-52-32-16-8-24-44(52)60/h1-34H. The molecule has 2 aromatic heterocycles. The molecule has 4 aliphatic heterocycles. The summed E-state index contributed by atoms with van der Waals surface area (Å²) in [7, 11) is 0. The van der Waals surface area contributed by atoms with Gasteiger partial charge in [0.15, 0.2) is 23.0 Å². The van der Waals surface area contributed by atoms with Crippen molar-refractivity contribution >= 4 is 34.5 Å². The normalized spacial score (nSPS) is 15.3. The molecular weight excluding hydrogens is 821 g/mol. The molecule has 2 spiro atoms. The maximum atomic E-state index is 7.85. The zero-order chi connectivity index (χ0) is 43.1. The fourth-order valence-corrected chi connectivity index (χ4v) is 11.3. The molecule has 0 N–H and O–H groups in total. The van der Waals surface area contributed by atoms with Crippen LogP contribution in [0.25, 0.3) is 0 Å². The van der Waals surface area contributed by atoms with E-state index in [1.807, 2.05) is 121 Å². The van der Waals surface area contributed by atoms with Gasteiger partial charge in [-0.3, -0.25) is 9.80 Å². The molecule has 0 unspecified atom stereocenters. The van der Waals surface area contributed by atoms with Gasteiger partial charge in [-0.15, -0.1) is 0 Å². The van der Waals surface area contributed by atoms with Gasteiger partial charge in [0.25, 0.3) is 0 Å². The van der Waals surface area contributed by atoms with Gasteiger partial charge in [-0.1, -0.05) is 121 Å².